The smallest absolute Gasteiger partial charge is 0.275 e. The van der Waals surface area contributed by atoms with Crippen molar-refractivity contribution in [3.05, 3.63) is 88.5 Å². The fraction of sp³-hybridized carbons (Fsp3) is 0.0476. The largest absolute Gasteiger partial charge is 0.319 e. The molecule has 0 saturated heterocycles. The Labute approximate surface area is 166 Å². The van der Waals surface area contributed by atoms with Crippen LogP contribution in [0.2, 0.25) is 0 Å². The molecule has 0 spiro atoms. The quantitative estimate of drug-likeness (QED) is 0.536. The summed E-state index contributed by atoms with van der Waals surface area (Å²) in [5.41, 5.74) is 2.04. The topological polar surface area (TPSA) is 91.9 Å². The van der Waals surface area contributed by atoms with Gasteiger partial charge in [-0.3, -0.25) is 9.52 Å². The summed E-state index contributed by atoms with van der Waals surface area (Å²) in [6, 6.07) is 16.6. The zero-order chi connectivity index (χ0) is 20.6. The van der Waals surface area contributed by atoms with Gasteiger partial charge in [-0.15, -0.1) is 0 Å². The summed E-state index contributed by atoms with van der Waals surface area (Å²) in [5.74, 6) is -0.535. The minimum Gasteiger partial charge on any atom is -0.319 e. The molecule has 0 aliphatic heterocycles. The fourth-order valence-corrected chi connectivity index (χ4v) is 4.17. The van der Waals surface area contributed by atoms with Crippen molar-refractivity contribution in [2.24, 2.45) is 0 Å². The Bertz CT molecular complexity index is 1380. The Hall–Kier alpha value is -3.52. The van der Waals surface area contributed by atoms with E-state index in [-0.39, 0.29) is 16.3 Å². The van der Waals surface area contributed by atoms with Gasteiger partial charge in [0.25, 0.3) is 15.6 Å². The highest BCUT2D eigenvalue weighted by Gasteiger charge is 2.20. The Morgan fingerprint density at radius 3 is 2.45 bits per heavy atom. The van der Waals surface area contributed by atoms with Gasteiger partial charge in [-0.2, -0.15) is 0 Å². The number of aromatic nitrogens is 2. The molecule has 4 aromatic rings. The third-order valence-corrected chi connectivity index (χ3v) is 5.85. The van der Waals surface area contributed by atoms with E-state index in [2.05, 4.69) is 14.7 Å². The van der Waals surface area contributed by atoms with Crippen molar-refractivity contribution in [3.8, 4) is 11.3 Å². The maximum absolute atomic E-state index is 13.2. The van der Waals surface area contributed by atoms with Crippen LogP contribution in [0.3, 0.4) is 0 Å². The molecule has 0 fully saturated rings. The number of aryl methyl sites for hydroxylation is 1. The van der Waals surface area contributed by atoms with E-state index in [4.69, 9.17) is 0 Å². The zero-order valence-corrected chi connectivity index (χ0v) is 16.1. The molecule has 146 valence electrons. The SMILES string of the molecule is Cc1cccc(-c2nc3ccccc3[nH]c2=O)c1NS(=O)(=O)c1ccc(F)cc1. The monoisotopic (exact) mass is 409 g/mol. The number of nitrogens with one attached hydrogen (secondary N) is 2. The van der Waals surface area contributed by atoms with E-state index in [9.17, 15) is 17.6 Å². The Morgan fingerprint density at radius 2 is 1.69 bits per heavy atom. The van der Waals surface area contributed by atoms with Crippen LogP contribution in [0.1, 0.15) is 5.56 Å². The molecule has 8 heteroatoms. The van der Waals surface area contributed by atoms with Gasteiger partial charge in [0.1, 0.15) is 11.5 Å². The molecule has 0 saturated carbocycles. The second-order valence-corrected chi connectivity index (χ2v) is 8.17. The molecular formula is C21H16FN3O3S. The third-order valence-electron chi connectivity index (χ3n) is 4.49. The predicted octanol–water partition coefficient (Wildman–Crippen LogP) is 3.84. The molecule has 0 unspecified atom stereocenters. The van der Waals surface area contributed by atoms with Crippen LogP contribution in [0.15, 0.2) is 76.4 Å². The minimum atomic E-state index is -4.00. The number of aromatic amines is 1. The molecule has 0 amide bonds. The molecule has 6 nitrogen and oxygen atoms in total. The van der Waals surface area contributed by atoms with E-state index < -0.39 is 21.4 Å². The van der Waals surface area contributed by atoms with E-state index in [0.717, 1.165) is 12.1 Å². The molecule has 3 aromatic carbocycles. The predicted molar refractivity (Wildman–Crippen MR) is 110 cm³/mol. The molecule has 0 atom stereocenters. The van der Waals surface area contributed by atoms with Crippen molar-refractivity contribution in [2.75, 3.05) is 4.72 Å². The first-order chi connectivity index (χ1) is 13.8. The molecule has 0 aliphatic rings. The summed E-state index contributed by atoms with van der Waals surface area (Å²) in [6.45, 7) is 1.72. The van der Waals surface area contributed by atoms with Crippen molar-refractivity contribution in [2.45, 2.75) is 11.8 Å². The van der Waals surface area contributed by atoms with Crippen LogP contribution in [0.25, 0.3) is 22.3 Å². The number of H-pyrrole nitrogens is 1. The van der Waals surface area contributed by atoms with Crippen LogP contribution in [0.4, 0.5) is 10.1 Å². The van der Waals surface area contributed by atoms with Gasteiger partial charge in [0, 0.05) is 5.56 Å². The highest BCUT2D eigenvalue weighted by Crippen LogP contribution is 2.30. The first-order valence-corrected chi connectivity index (χ1v) is 10.2. The molecule has 0 radical (unpaired) electrons. The molecule has 2 N–H and O–H groups in total. The van der Waals surface area contributed by atoms with E-state index >= 15 is 0 Å². The van der Waals surface area contributed by atoms with Crippen molar-refractivity contribution in [1.82, 2.24) is 9.97 Å². The van der Waals surface area contributed by atoms with Crippen LogP contribution in [0, 0.1) is 12.7 Å². The van der Waals surface area contributed by atoms with Gasteiger partial charge in [0.15, 0.2) is 0 Å². The lowest BCUT2D eigenvalue weighted by Crippen LogP contribution is -2.17. The van der Waals surface area contributed by atoms with Crippen LogP contribution >= 0.6 is 0 Å². The van der Waals surface area contributed by atoms with Gasteiger partial charge in [0.2, 0.25) is 0 Å². The van der Waals surface area contributed by atoms with E-state index in [1.54, 1.807) is 49.4 Å². The maximum Gasteiger partial charge on any atom is 0.275 e. The molecule has 0 aliphatic carbocycles. The molecule has 1 heterocycles. The van der Waals surface area contributed by atoms with Crippen molar-refractivity contribution in [1.29, 1.82) is 0 Å². The van der Waals surface area contributed by atoms with Crippen molar-refractivity contribution < 1.29 is 12.8 Å². The summed E-state index contributed by atoms with van der Waals surface area (Å²) in [4.78, 5) is 19.7. The first-order valence-electron chi connectivity index (χ1n) is 8.72. The first kappa shape index (κ1) is 18.8. The normalized spacial score (nSPS) is 11.5. The number of hydrogen-bond acceptors (Lipinski definition) is 4. The van der Waals surface area contributed by atoms with Gasteiger partial charge < -0.3 is 4.98 Å². The van der Waals surface area contributed by atoms with Gasteiger partial charge in [-0.05, 0) is 48.9 Å². The lowest BCUT2D eigenvalue weighted by molar-refractivity contribution is 0.599. The lowest BCUT2D eigenvalue weighted by atomic mass is 10.1. The molecule has 29 heavy (non-hydrogen) atoms. The number of para-hydroxylation sites is 3. The number of anilines is 1. The van der Waals surface area contributed by atoms with Crippen molar-refractivity contribution in [3.63, 3.8) is 0 Å². The highest BCUT2D eigenvalue weighted by atomic mass is 32.2. The van der Waals surface area contributed by atoms with Gasteiger partial charge >= 0.3 is 0 Å². The Balaban J connectivity index is 1.86. The number of nitrogens with zero attached hydrogens (tertiary/aromatic N) is 1. The molecule has 1 aromatic heterocycles. The number of sulfonamides is 1. The number of fused-ring (bicyclic) bond motifs is 1. The number of benzene rings is 3. The summed E-state index contributed by atoms with van der Waals surface area (Å²) < 4.78 is 41.3. The number of rotatable bonds is 4. The summed E-state index contributed by atoms with van der Waals surface area (Å²) in [6.07, 6.45) is 0. The lowest BCUT2D eigenvalue weighted by Gasteiger charge is -2.15. The summed E-state index contributed by atoms with van der Waals surface area (Å²) in [7, 11) is -4.00. The van der Waals surface area contributed by atoms with Crippen molar-refractivity contribution >= 4 is 26.7 Å². The summed E-state index contributed by atoms with van der Waals surface area (Å²) in [5, 5.41) is 0. The van der Waals surface area contributed by atoms with E-state index in [1.165, 1.54) is 12.1 Å². The number of hydrogen-bond donors (Lipinski definition) is 2. The zero-order valence-electron chi connectivity index (χ0n) is 15.3. The second-order valence-electron chi connectivity index (χ2n) is 6.49. The highest BCUT2D eigenvalue weighted by molar-refractivity contribution is 7.92. The van der Waals surface area contributed by atoms with E-state index in [0.29, 0.717) is 22.2 Å². The van der Waals surface area contributed by atoms with Gasteiger partial charge in [0.05, 0.1) is 21.6 Å². The van der Waals surface area contributed by atoms with Crippen LogP contribution in [-0.2, 0) is 10.0 Å². The van der Waals surface area contributed by atoms with Crippen LogP contribution in [-0.4, -0.2) is 18.4 Å². The van der Waals surface area contributed by atoms with Crippen LogP contribution < -0.4 is 10.3 Å². The van der Waals surface area contributed by atoms with E-state index in [1.807, 2.05) is 0 Å². The van der Waals surface area contributed by atoms with Gasteiger partial charge in [-0.25, -0.2) is 17.8 Å². The molecule has 0 bridgehead atoms. The molecule has 4 rings (SSSR count). The minimum absolute atomic E-state index is 0.0894. The Morgan fingerprint density at radius 1 is 0.966 bits per heavy atom. The second kappa shape index (κ2) is 7.14. The standard InChI is InChI=1S/C21H16FN3O3S/c1-13-5-4-6-16(20-21(26)24-18-8-3-2-7-17(18)23-20)19(13)25-29(27,28)15-11-9-14(22)10-12-15/h2-12,25H,1H3,(H,24,26). The third kappa shape index (κ3) is 3.62. The summed E-state index contributed by atoms with van der Waals surface area (Å²) >= 11 is 0. The molecular weight excluding hydrogens is 393 g/mol. The fourth-order valence-electron chi connectivity index (χ4n) is 3.02. The maximum atomic E-state index is 13.2. The average Bonchev–Trinajstić information content (AvgIpc) is 2.69. The van der Waals surface area contributed by atoms with Gasteiger partial charge in [-0.1, -0.05) is 30.3 Å². The van der Waals surface area contributed by atoms with Crippen LogP contribution in [0.5, 0.6) is 0 Å². The average molecular weight is 409 g/mol. The Kier molecular flexibility index (Phi) is 4.63. The number of halogens is 1.